The van der Waals surface area contributed by atoms with Crippen molar-refractivity contribution in [3.63, 3.8) is 0 Å². The van der Waals surface area contributed by atoms with Gasteiger partial charge < -0.3 is 4.90 Å². The minimum Gasteiger partial charge on any atom is -0.331 e. The molecule has 5 nitrogen and oxygen atoms in total. The van der Waals surface area contributed by atoms with Gasteiger partial charge in [0.15, 0.2) is 0 Å². The lowest BCUT2D eigenvalue weighted by Crippen LogP contribution is -2.54. The van der Waals surface area contributed by atoms with E-state index in [0.717, 1.165) is 24.8 Å². The van der Waals surface area contributed by atoms with Gasteiger partial charge in [-0.25, -0.2) is 13.1 Å². The van der Waals surface area contributed by atoms with Crippen molar-refractivity contribution >= 4 is 27.5 Å². The molecular formula is C20H31ClN2O3S. The first kappa shape index (κ1) is 22.2. The molecule has 2 unspecified atom stereocenters. The van der Waals surface area contributed by atoms with E-state index in [4.69, 9.17) is 11.6 Å². The highest BCUT2D eigenvalue weighted by atomic mass is 35.5. The Morgan fingerprint density at radius 3 is 2.33 bits per heavy atom. The monoisotopic (exact) mass is 414 g/mol. The van der Waals surface area contributed by atoms with Gasteiger partial charge in [0.25, 0.3) is 0 Å². The van der Waals surface area contributed by atoms with E-state index >= 15 is 0 Å². The van der Waals surface area contributed by atoms with Gasteiger partial charge in [-0.15, -0.1) is 0 Å². The van der Waals surface area contributed by atoms with E-state index in [-0.39, 0.29) is 42.1 Å². The molecule has 1 aliphatic heterocycles. The second-order valence-electron chi connectivity index (χ2n) is 7.56. The van der Waals surface area contributed by atoms with Crippen LogP contribution in [0.5, 0.6) is 0 Å². The van der Waals surface area contributed by atoms with Gasteiger partial charge >= 0.3 is 0 Å². The summed E-state index contributed by atoms with van der Waals surface area (Å²) in [6.45, 7) is 7.95. The summed E-state index contributed by atoms with van der Waals surface area (Å²) in [5, 5.41) is 0.662. The lowest BCUT2D eigenvalue weighted by molar-refractivity contribution is -0.146. The number of piperidine rings is 1. The zero-order chi connectivity index (χ0) is 20.2. The predicted octanol–water partition coefficient (Wildman–Crippen LogP) is 3.99. The zero-order valence-electron chi connectivity index (χ0n) is 16.6. The van der Waals surface area contributed by atoms with Crippen LogP contribution in [-0.4, -0.2) is 37.6 Å². The number of likely N-dealkylation sites (tertiary alicyclic amines) is 1. The maximum Gasteiger partial charge on any atom is 0.226 e. The van der Waals surface area contributed by atoms with Crippen LogP contribution in [0.1, 0.15) is 58.6 Å². The second kappa shape index (κ2) is 9.39. The van der Waals surface area contributed by atoms with Gasteiger partial charge in [-0.3, -0.25) is 4.79 Å². The van der Waals surface area contributed by atoms with Gasteiger partial charge in [-0.1, -0.05) is 44.5 Å². The lowest BCUT2D eigenvalue weighted by atomic mass is 9.84. The fraction of sp³-hybridized carbons (Fsp3) is 0.650. The molecule has 1 N–H and O–H groups in total. The lowest BCUT2D eigenvalue weighted by Gasteiger charge is -2.45. The molecule has 0 radical (unpaired) electrons. The van der Waals surface area contributed by atoms with Gasteiger partial charge in [0.1, 0.15) is 0 Å². The smallest absolute Gasteiger partial charge is 0.226 e. The van der Waals surface area contributed by atoms with Crippen LogP contribution in [0.3, 0.4) is 0 Å². The minimum atomic E-state index is -3.32. The highest BCUT2D eigenvalue weighted by Crippen LogP contribution is 2.38. The molecule has 3 atom stereocenters. The Bertz CT molecular complexity index is 734. The molecule has 0 spiro atoms. The predicted molar refractivity (Wildman–Crippen MR) is 110 cm³/mol. The van der Waals surface area contributed by atoms with Crippen molar-refractivity contribution in [3.8, 4) is 0 Å². The van der Waals surface area contributed by atoms with Crippen molar-refractivity contribution in [3.05, 3.63) is 34.9 Å². The first-order valence-corrected chi connectivity index (χ1v) is 11.8. The number of benzene rings is 1. The Morgan fingerprint density at radius 1 is 1.19 bits per heavy atom. The van der Waals surface area contributed by atoms with Crippen molar-refractivity contribution in [2.75, 3.05) is 12.3 Å². The molecule has 0 aromatic heterocycles. The highest BCUT2D eigenvalue weighted by molar-refractivity contribution is 7.89. The van der Waals surface area contributed by atoms with E-state index in [2.05, 4.69) is 4.72 Å². The molecule has 1 aliphatic rings. The van der Waals surface area contributed by atoms with Gasteiger partial charge in [0.2, 0.25) is 15.9 Å². The van der Waals surface area contributed by atoms with Crippen LogP contribution in [0, 0.1) is 11.8 Å². The van der Waals surface area contributed by atoms with Crippen molar-refractivity contribution in [2.24, 2.45) is 11.8 Å². The number of halogens is 1. The summed E-state index contributed by atoms with van der Waals surface area (Å²) < 4.78 is 26.6. The fourth-order valence-corrected chi connectivity index (χ4v) is 4.50. The number of hydrogen-bond acceptors (Lipinski definition) is 3. The number of carbonyl (C=O) groups excluding carboxylic acids is 1. The maximum absolute atomic E-state index is 13.3. The van der Waals surface area contributed by atoms with Crippen LogP contribution >= 0.6 is 11.6 Å². The van der Waals surface area contributed by atoms with E-state index in [1.165, 1.54) is 0 Å². The molecule has 1 heterocycles. The fourth-order valence-electron chi connectivity index (χ4n) is 3.74. The minimum absolute atomic E-state index is 0.00224. The highest BCUT2D eigenvalue weighted by Gasteiger charge is 2.40. The van der Waals surface area contributed by atoms with Crippen LogP contribution in [0.4, 0.5) is 0 Å². The quantitative estimate of drug-likeness (QED) is 0.699. The molecule has 1 aromatic rings. The number of carbonyl (C=O) groups is 1. The molecule has 1 amide bonds. The van der Waals surface area contributed by atoms with Crippen LogP contribution in [0.25, 0.3) is 0 Å². The number of amides is 1. The van der Waals surface area contributed by atoms with E-state index in [1.54, 1.807) is 6.92 Å². The summed E-state index contributed by atoms with van der Waals surface area (Å²) in [6, 6.07) is 7.36. The Hall–Kier alpha value is -1.11. The Balaban J connectivity index is 2.37. The summed E-state index contributed by atoms with van der Waals surface area (Å²) >= 11 is 6.03. The average Bonchev–Trinajstić information content (AvgIpc) is 2.63. The molecule has 152 valence electrons. The first-order chi connectivity index (χ1) is 12.7. The van der Waals surface area contributed by atoms with Crippen molar-refractivity contribution in [2.45, 2.75) is 59.0 Å². The van der Waals surface area contributed by atoms with E-state index < -0.39 is 10.0 Å². The van der Waals surface area contributed by atoms with Crippen LogP contribution in [-0.2, 0) is 14.8 Å². The number of nitrogens with zero attached hydrogens (tertiary/aromatic N) is 1. The standard InChI is InChI=1S/C20H31ClN2O3S/c1-5-15-9-12-18(16-7-10-17(21)11-8-16)23(20(15)24)19(14(3)4)13-22-27(25,26)6-2/h7-8,10-11,14-15,18-19,22H,5-6,9,12-13H2,1-4H3/t15-,18?,19?/m0/s1. The first-order valence-electron chi connectivity index (χ1n) is 9.75. The summed E-state index contributed by atoms with van der Waals surface area (Å²) in [4.78, 5) is 15.2. The summed E-state index contributed by atoms with van der Waals surface area (Å²) in [5.41, 5.74) is 1.05. The van der Waals surface area contributed by atoms with E-state index in [9.17, 15) is 13.2 Å². The molecule has 1 saturated heterocycles. The third-order valence-corrected chi connectivity index (χ3v) is 7.11. The molecule has 0 saturated carbocycles. The van der Waals surface area contributed by atoms with Gasteiger partial charge in [0, 0.05) is 23.5 Å². The number of rotatable bonds is 8. The normalized spacial score (nSPS) is 22.3. The molecule has 1 aromatic carbocycles. The molecular weight excluding hydrogens is 384 g/mol. The van der Waals surface area contributed by atoms with Crippen LogP contribution in [0.15, 0.2) is 24.3 Å². The molecule has 27 heavy (non-hydrogen) atoms. The SMILES string of the molecule is CC[C@H]1CCC(c2ccc(Cl)cc2)N(C(CNS(=O)(=O)CC)C(C)C)C1=O. The van der Waals surface area contributed by atoms with Gasteiger partial charge in [-0.2, -0.15) is 0 Å². The molecule has 0 aliphatic carbocycles. The summed E-state index contributed by atoms with van der Waals surface area (Å²) in [6.07, 6.45) is 2.52. The Morgan fingerprint density at radius 2 is 1.81 bits per heavy atom. The van der Waals surface area contributed by atoms with Crippen LogP contribution < -0.4 is 4.72 Å². The Kier molecular flexibility index (Phi) is 7.72. The molecule has 7 heteroatoms. The van der Waals surface area contributed by atoms with Crippen LogP contribution in [0.2, 0.25) is 5.02 Å². The van der Waals surface area contributed by atoms with Crippen molar-refractivity contribution in [1.82, 2.24) is 9.62 Å². The molecule has 2 rings (SSSR count). The third kappa shape index (κ3) is 5.46. The third-order valence-electron chi connectivity index (χ3n) is 5.49. The maximum atomic E-state index is 13.3. The zero-order valence-corrected chi connectivity index (χ0v) is 18.2. The van der Waals surface area contributed by atoms with Crippen molar-refractivity contribution < 1.29 is 13.2 Å². The number of sulfonamides is 1. The summed E-state index contributed by atoms with van der Waals surface area (Å²) in [7, 11) is -3.32. The van der Waals surface area contributed by atoms with E-state index in [0.29, 0.717) is 5.02 Å². The average molecular weight is 415 g/mol. The van der Waals surface area contributed by atoms with E-state index in [1.807, 2.05) is 49.9 Å². The number of nitrogens with one attached hydrogen (secondary N) is 1. The molecule has 0 bridgehead atoms. The largest absolute Gasteiger partial charge is 0.331 e. The summed E-state index contributed by atoms with van der Waals surface area (Å²) in [5.74, 6) is 0.277. The Labute approximate surface area is 168 Å². The van der Waals surface area contributed by atoms with Gasteiger partial charge in [0.05, 0.1) is 11.8 Å². The van der Waals surface area contributed by atoms with Crippen molar-refractivity contribution in [1.29, 1.82) is 0 Å². The molecule has 1 fully saturated rings. The topological polar surface area (TPSA) is 66.5 Å². The second-order valence-corrected chi connectivity index (χ2v) is 10.1. The van der Waals surface area contributed by atoms with Gasteiger partial charge in [-0.05, 0) is 49.8 Å². The number of hydrogen-bond donors (Lipinski definition) is 1.